The quantitative estimate of drug-likeness (QED) is 0.705. The Labute approximate surface area is 151 Å². The molecule has 2 aromatic heterocycles. The van der Waals surface area contributed by atoms with E-state index in [1.54, 1.807) is 12.2 Å². The van der Waals surface area contributed by atoms with Crippen LogP contribution in [0.5, 0.6) is 0 Å². The van der Waals surface area contributed by atoms with Gasteiger partial charge < -0.3 is 15.0 Å². The molecule has 4 rings (SSSR count). The number of hydrogen-bond acceptors (Lipinski definition) is 4. The first-order valence-electron chi connectivity index (χ1n) is 8.91. The highest BCUT2D eigenvalue weighted by molar-refractivity contribution is 6.07. The zero-order valence-electron chi connectivity index (χ0n) is 14.6. The molecule has 0 aliphatic carbocycles. The van der Waals surface area contributed by atoms with E-state index < -0.39 is 0 Å². The Balaban J connectivity index is 1.48. The molecule has 0 saturated carbocycles. The Morgan fingerprint density at radius 1 is 1.15 bits per heavy atom. The van der Waals surface area contributed by atoms with Gasteiger partial charge in [-0.05, 0) is 18.2 Å². The maximum Gasteiger partial charge on any atom is 0.246 e. The molecule has 1 saturated heterocycles. The topological polar surface area (TPSA) is 72.5 Å². The number of aliphatic hydroxyl groups is 1. The highest BCUT2D eigenvalue weighted by atomic mass is 16.3. The Hall–Kier alpha value is -2.70. The maximum atomic E-state index is 12.4. The number of β-amino-alcohol motifs (C(OH)–C–C–N with tert-alkyl or cyclic N) is 1. The van der Waals surface area contributed by atoms with Crippen molar-refractivity contribution in [3.05, 3.63) is 48.3 Å². The highest BCUT2D eigenvalue weighted by Gasteiger charge is 2.18. The monoisotopic (exact) mass is 350 g/mol. The van der Waals surface area contributed by atoms with Crippen LogP contribution in [-0.4, -0.2) is 70.1 Å². The zero-order chi connectivity index (χ0) is 17.9. The summed E-state index contributed by atoms with van der Waals surface area (Å²) < 4.78 is 0. The molecule has 0 atom stereocenters. The lowest BCUT2D eigenvalue weighted by Gasteiger charge is -2.33. The van der Waals surface area contributed by atoms with Crippen LogP contribution < -0.4 is 0 Å². The molecule has 1 aliphatic rings. The van der Waals surface area contributed by atoms with Crippen LogP contribution in [0, 0.1) is 0 Å². The van der Waals surface area contributed by atoms with Gasteiger partial charge in [0.1, 0.15) is 0 Å². The minimum Gasteiger partial charge on any atom is -0.395 e. The summed E-state index contributed by atoms with van der Waals surface area (Å²) in [4.78, 5) is 24.2. The normalized spacial score (nSPS) is 16.1. The predicted molar refractivity (Wildman–Crippen MR) is 103 cm³/mol. The van der Waals surface area contributed by atoms with Gasteiger partial charge in [-0.1, -0.05) is 18.2 Å². The molecule has 0 radical (unpaired) electrons. The first-order chi connectivity index (χ1) is 12.7. The van der Waals surface area contributed by atoms with Crippen LogP contribution in [0.2, 0.25) is 0 Å². The third-order valence-electron chi connectivity index (χ3n) is 4.91. The van der Waals surface area contributed by atoms with E-state index in [0.717, 1.165) is 40.6 Å². The molecule has 1 fully saturated rings. The fourth-order valence-corrected chi connectivity index (χ4v) is 3.45. The fourth-order valence-electron chi connectivity index (χ4n) is 3.45. The smallest absolute Gasteiger partial charge is 0.246 e. The Morgan fingerprint density at radius 3 is 2.77 bits per heavy atom. The SMILES string of the molecule is O=C(/C=C/c1cc2c(cn1)[nH]c1ccccc12)N1CCN(CCO)CC1. The fraction of sp³-hybridized carbons (Fsp3) is 0.300. The van der Waals surface area contributed by atoms with Gasteiger partial charge in [0, 0.05) is 55.1 Å². The highest BCUT2D eigenvalue weighted by Crippen LogP contribution is 2.25. The number of rotatable bonds is 4. The average molecular weight is 350 g/mol. The van der Waals surface area contributed by atoms with Crippen molar-refractivity contribution < 1.29 is 9.90 Å². The van der Waals surface area contributed by atoms with Crippen LogP contribution in [0.4, 0.5) is 0 Å². The van der Waals surface area contributed by atoms with E-state index in [1.807, 2.05) is 35.4 Å². The number of aliphatic hydroxyl groups excluding tert-OH is 1. The molecule has 0 bridgehead atoms. The van der Waals surface area contributed by atoms with E-state index in [0.29, 0.717) is 19.6 Å². The number of nitrogens with one attached hydrogen (secondary N) is 1. The van der Waals surface area contributed by atoms with E-state index in [9.17, 15) is 4.79 Å². The number of H-pyrrole nitrogens is 1. The molecule has 1 aromatic carbocycles. The molecule has 2 N–H and O–H groups in total. The number of carbonyl (C=O) groups excluding carboxylic acids is 1. The number of amides is 1. The number of hydrogen-bond donors (Lipinski definition) is 2. The lowest BCUT2D eigenvalue weighted by atomic mass is 10.1. The third-order valence-corrected chi connectivity index (χ3v) is 4.91. The molecule has 0 unspecified atom stereocenters. The number of para-hydroxylation sites is 1. The molecule has 0 spiro atoms. The number of piperazine rings is 1. The van der Waals surface area contributed by atoms with E-state index in [4.69, 9.17) is 5.11 Å². The van der Waals surface area contributed by atoms with E-state index in [1.165, 1.54) is 0 Å². The van der Waals surface area contributed by atoms with Gasteiger partial charge in [-0.25, -0.2) is 0 Å². The van der Waals surface area contributed by atoms with Crippen molar-refractivity contribution in [1.29, 1.82) is 0 Å². The van der Waals surface area contributed by atoms with E-state index in [2.05, 4.69) is 20.9 Å². The van der Waals surface area contributed by atoms with E-state index >= 15 is 0 Å². The molecular formula is C20H22N4O2. The van der Waals surface area contributed by atoms with Gasteiger partial charge in [0.25, 0.3) is 0 Å². The van der Waals surface area contributed by atoms with Gasteiger partial charge >= 0.3 is 0 Å². The molecule has 134 valence electrons. The molecule has 6 nitrogen and oxygen atoms in total. The second-order valence-electron chi connectivity index (χ2n) is 6.55. The minimum absolute atomic E-state index is 0.00877. The summed E-state index contributed by atoms with van der Waals surface area (Å²) >= 11 is 0. The number of nitrogens with zero attached hydrogens (tertiary/aromatic N) is 3. The summed E-state index contributed by atoms with van der Waals surface area (Å²) in [5.41, 5.74) is 2.85. The van der Waals surface area contributed by atoms with Gasteiger partial charge in [0.2, 0.25) is 5.91 Å². The number of fused-ring (bicyclic) bond motifs is 3. The van der Waals surface area contributed by atoms with Gasteiger partial charge in [-0.3, -0.25) is 14.7 Å². The van der Waals surface area contributed by atoms with Crippen molar-refractivity contribution in [2.45, 2.75) is 0 Å². The average Bonchev–Trinajstić information content (AvgIpc) is 3.05. The molecule has 1 amide bonds. The summed E-state index contributed by atoms with van der Waals surface area (Å²) in [6, 6.07) is 10.2. The van der Waals surface area contributed by atoms with Crippen molar-refractivity contribution in [2.75, 3.05) is 39.3 Å². The predicted octanol–water partition coefficient (Wildman–Crippen LogP) is 1.87. The Morgan fingerprint density at radius 2 is 1.96 bits per heavy atom. The van der Waals surface area contributed by atoms with Gasteiger partial charge in [0.15, 0.2) is 0 Å². The standard InChI is InChI=1S/C20H22N4O2/c25-12-11-23-7-9-24(10-8-23)20(26)6-5-15-13-17-16-3-1-2-4-18(16)22-19(17)14-21-15/h1-6,13-14,22,25H,7-12H2/b6-5+. The molecule has 3 aromatic rings. The largest absolute Gasteiger partial charge is 0.395 e. The molecule has 26 heavy (non-hydrogen) atoms. The molecule has 1 aliphatic heterocycles. The maximum absolute atomic E-state index is 12.4. The van der Waals surface area contributed by atoms with Gasteiger partial charge in [-0.2, -0.15) is 0 Å². The van der Waals surface area contributed by atoms with Crippen molar-refractivity contribution in [3.63, 3.8) is 0 Å². The number of carbonyl (C=O) groups is 1. The summed E-state index contributed by atoms with van der Waals surface area (Å²) in [6.07, 6.45) is 5.20. The van der Waals surface area contributed by atoms with Crippen molar-refractivity contribution >= 4 is 33.8 Å². The van der Waals surface area contributed by atoms with Crippen molar-refractivity contribution in [1.82, 2.24) is 19.8 Å². The van der Waals surface area contributed by atoms with Crippen molar-refractivity contribution in [3.8, 4) is 0 Å². The van der Waals surface area contributed by atoms with E-state index in [-0.39, 0.29) is 12.5 Å². The lowest BCUT2D eigenvalue weighted by Crippen LogP contribution is -2.48. The first-order valence-corrected chi connectivity index (χ1v) is 8.91. The molecule has 6 heteroatoms. The number of pyridine rings is 1. The minimum atomic E-state index is 0.00877. The van der Waals surface area contributed by atoms with Crippen LogP contribution >= 0.6 is 0 Å². The van der Waals surface area contributed by atoms with Crippen LogP contribution in [0.25, 0.3) is 27.9 Å². The molecular weight excluding hydrogens is 328 g/mol. The third kappa shape index (κ3) is 3.34. The number of benzene rings is 1. The van der Waals surface area contributed by atoms with Crippen LogP contribution in [0.3, 0.4) is 0 Å². The first kappa shape index (κ1) is 16.8. The second kappa shape index (κ2) is 7.27. The Kier molecular flexibility index (Phi) is 4.69. The summed E-state index contributed by atoms with van der Waals surface area (Å²) in [7, 11) is 0. The summed E-state index contributed by atoms with van der Waals surface area (Å²) in [5, 5.41) is 11.3. The van der Waals surface area contributed by atoms with Crippen LogP contribution in [0.15, 0.2) is 42.6 Å². The lowest BCUT2D eigenvalue weighted by molar-refractivity contribution is -0.127. The molecule has 3 heterocycles. The van der Waals surface area contributed by atoms with Crippen LogP contribution in [-0.2, 0) is 4.79 Å². The number of aromatic amines is 1. The number of aromatic nitrogens is 2. The summed E-state index contributed by atoms with van der Waals surface area (Å²) in [6.45, 7) is 3.83. The Bertz CT molecular complexity index is 955. The van der Waals surface area contributed by atoms with Gasteiger partial charge in [-0.15, -0.1) is 0 Å². The van der Waals surface area contributed by atoms with Crippen LogP contribution in [0.1, 0.15) is 5.69 Å². The second-order valence-corrected chi connectivity index (χ2v) is 6.55. The summed E-state index contributed by atoms with van der Waals surface area (Å²) in [5.74, 6) is 0.00877. The zero-order valence-corrected chi connectivity index (χ0v) is 14.6. The van der Waals surface area contributed by atoms with Crippen molar-refractivity contribution in [2.24, 2.45) is 0 Å². The van der Waals surface area contributed by atoms with Gasteiger partial charge in [0.05, 0.1) is 24.0 Å².